The van der Waals surface area contributed by atoms with Crippen LogP contribution in [0.2, 0.25) is 0 Å². The van der Waals surface area contributed by atoms with Crippen LogP contribution in [0.25, 0.3) is 5.57 Å². The number of carbonyl (C=O) groups is 1. The van der Waals surface area contributed by atoms with Crippen molar-refractivity contribution in [3.8, 4) is 5.75 Å². The first-order valence-electron chi connectivity index (χ1n) is 10.9. The van der Waals surface area contributed by atoms with Gasteiger partial charge in [0.1, 0.15) is 5.75 Å². The summed E-state index contributed by atoms with van der Waals surface area (Å²) in [5, 5.41) is 8.92. The zero-order chi connectivity index (χ0) is 22.2. The minimum absolute atomic E-state index is 0.0417. The number of hydroxylamine groups is 1. The number of hydrogen-bond acceptors (Lipinski definition) is 4. The number of aliphatic carboxylic acids is 1. The molecule has 3 aromatic rings. The largest absolute Gasteiger partial charge is 0.482 e. The maximum Gasteiger partial charge on any atom is 0.341 e. The lowest BCUT2D eigenvalue weighted by Gasteiger charge is -2.22. The Hall–Kier alpha value is -3.35. The topological polar surface area (TPSA) is 83.6 Å². The third-order valence-corrected chi connectivity index (χ3v) is 5.65. The highest BCUT2D eigenvalue weighted by Crippen LogP contribution is 2.36. The molecule has 1 heterocycles. The molecule has 2 aromatic carbocycles. The van der Waals surface area contributed by atoms with Gasteiger partial charge in [-0.3, -0.25) is 4.84 Å². The average Bonchev–Trinajstić information content (AvgIpc) is 3.33. The number of aromatic amines is 1. The summed E-state index contributed by atoms with van der Waals surface area (Å²) in [7, 11) is 0. The van der Waals surface area contributed by atoms with E-state index >= 15 is 0 Å². The minimum Gasteiger partial charge on any atom is -0.482 e. The van der Waals surface area contributed by atoms with Gasteiger partial charge in [-0.05, 0) is 60.1 Å². The molecule has 3 N–H and O–H groups in total. The van der Waals surface area contributed by atoms with Crippen LogP contribution in [0.4, 0.5) is 0 Å². The Kier molecular flexibility index (Phi) is 7.38. The summed E-state index contributed by atoms with van der Waals surface area (Å²) >= 11 is 0. The van der Waals surface area contributed by atoms with Gasteiger partial charge in [-0.25, -0.2) is 4.79 Å². The van der Waals surface area contributed by atoms with Crippen molar-refractivity contribution in [3.05, 3.63) is 95.3 Å². The van der Waals surface area contributed by atoms with Gasteiger partial charge in [-0.15, -0.1) is 0 Å². The van der Waals surface area contributed by atoms with Gasteiger partial charge in [-0.2, -0.15) is 5.48 Å². The van der Waals surface area contributed by atoms with Crippen LogP contribution >= 0.6 is 0 Å². The fraction of sp³-hybridized carbons (Fsp3) is 0.269. The van der Waals surface area contributed by atoms with Crippen molar-refractivity contribution in [2.24, 2.45) is 0 Å². The van der Waals surface area contributed by atoms with Gasteiger partial charge in [0, 0.05) is 18.0 Å². The maximum absolute atomic E-state index is 10.9. The highest BCUT2D eigenvalue weighted by atomic mass is 16.6. The summed E-state index contributed by atoms with van der Waals surface area (Å²) in [6.07, 6.45) is 9.69. The second-order valence-electron chi connectivity index (χ2n) is 7.86. The van der Waals surface area contributed by atoms with Crippen LogP contribution in [0, 0.1) is 0 Å². The summed E-state index contributed by atoms with van der Waals surface area (Å²) < 4.78 is 5.50. The smallest absolute Gasteiger partial charge is 0.341 e. The number of allylic oxidation sites excluding steroid dienone is 1. The molecule has 6 nitrogen and oxygen atoms in total. The fourth-order valence-electron chi connectivity index (χ4n) is 4.13. The predicted octanol–water partition coefficient (Wildman–Crippen LogP) is 4.70. The first-order chi connectivity index (χ1) is 15.7. The zero-order valence-corrected chi connectivity index (χ0v) is 17.9. The van der Waals surface area contributed by atoms with E-state index in [9.17, 15) is 4.79 Å². The molecule has 0 spiro atoms. The highest BCUT2D eigenvalue weighted by molar-refractivity contribution is 5.73. The molecule has 0 radical (unpaired) electrons. The minimum atomic E-state index is -0.971. The summed E-state index contributed by atoms with van der Waals surface area (Å²) in [6, 6.07) is 18.2. The summed E-state index contributed by atoms with van der Waals surface area (Å²) in [5.74, 6) is -0.313. The summed E-state index contributed by atoms with van der Waals surface area (Å²) in [4.78, 5) is 19.9. The molecule has 4 rings (SSSR count). The van der Waals surface area contributed by atoms with E-state index in [4.69, 9.17) is 14.7 Å². The van der Waals surface area contributed by atoms with Crippen LogP contribution in [0.15, 0.2) is 73.1 Å². The van der Waals surface area contributed by atoms with E-state index in [1.165, 1.54) is 16.7 Å². The molecular weight excluding hydrogens is 404 g/mol. The van der Waals surface area contributed by atoms with E-state index in [-0.39, 0.29) is 12.6 Å². The molecule has 1 unspecified atom stereocenters. The number of aromatic nitrogens is 1. The van der Waals surface area contributed by atoms with Crippen LogP contribution in [0.1, 0.15) is 41.1 Å². The van der Waals surface area contributed by atoms with E-state index in [1.807, 2.05) is 42.7 Å². The van der Waals surface area contributed by atoms with Crippen molar-refractivity contribution in [3.63, 3.8) is 0 Å². The van der Waals surface area contributed by atoms with Crippen molar-refractivity contribution >= 4 is 11.5 Å². The van der Waals surface area contributed by atoms with E-state index in [2.05, 4.69) is 40.8 Å². The predicted molar refractivity (Wildman–Crippen MR) is 123 cm³/mol. The van der Waals surface area contributed by atoms with Crippen LogP contribution in [0.5, 0.6) is 5.75 Å². The van der Waals surface area contributed by atoms with E-state index in [1.54, 1.807) is 0 Å². The number of carboxylic acid groups (broad SMARTS) is 1. The van der Waals surface area contributed by atoms with Crippen LogP contribution in [-0.2, 0) is 22.5 Å². The van der Waals surface area contributed by atoms with Crippen LogP contribution in [0.3, 0.4) is 0 Å². The molecule has 1 aliphatic carbocycles. The van der Waals surface area contributed by atoms with E-state index in [0.29, 0.717) is 12.4 Å². The van der Waals surface area contributed by atoms with Crippen LogP contribution in [-0.4, -0.2) is 29.3 Å². The number of H-pyrrole nitrogens is 1. The Morgan fingerprint density at radius 2 is 2.00 bits per heavy atom. The second-order valence-corrected chi connectivity index (χ2v) is 7.86. The first-order valence-corrected chi connectivity index (χ1v) is 10.9. The standard InChI is InChI=1S/C26H28N2O4/c29-26(30)18-31-25-11-5-9-22-20(8-4-10-23(22)25)13-15-32-28-24(16-19-12-14-27-17-19)21-6-2-1-3-7-21/h1-3,5-7,9,11-14,17,24,27-28H,4,8,10,15-16,18H2,(H,29,30)/b20-13-. The third kappa shape index (κ3) is 5.66. The Morgan fingerprint density at radius 3 is 2.78 bits per heavy atom. The molecule has 1 aliphatic rings. The number of carboxylic acids is 1. The van der Waals surface area contributed by atoms with Gasteiger partial charge >= 0.3 is 5.97 Å². The van der Waals surface area contributed by atoms with E-state index in [0.717, 1.165) is 36.8 Å². The Morgan fingerprint density at radius 1 is 1.12 bits per heavy atom. The number of hydrogen-bond donors (Lipinski definition) is 3. The van der Waals surface area contributed by atoms with Crippen molar-refractivity contribution in [1.82, 2.24) is 10.5 Å². The SMILES string of the molecule is O=C(O)COc1cccc2c1CCC/C2=C/CONC(Cc1cc[nH]c1)c1ccccc1. The fourth-order valence-corrected chi connectivity index (χ4v) is 4.13. The molecule has 0 bridgehead atoms. The lowest BCUT2D eigenvalue weighted by Crippen LogP contribution is -2.24. The molecule has 32 heavy (non-hydrogen) atoms. The number of rotatable bonds is 10. The molecule has 0 fully saturated rings. The lowest BCUT2D eigenvalue weighted by molar-refractivity contribution is -0.139. The number of ether oxygens (including phenoxy) is 1. The second kappa shape index (κ2) is 10.8. The normalized spacial score (nSPS) is 15.3. The summed E-state index contributed by atoms with van der Waals surface area (Å²) in [6.45, 7) is 0.107. The van der Waals surface area contributed by atoms with Gasteiger partial charge in [0.2, 0.25) is 0 Å². The molecule has 0 saturated heterocycles. The Bertz CT molecular complexity index is 1040. The van der Waals surface area contributed by atoms with Crippen molar-refractivity contribution < 1.29 is 19.5 Å². The number of nitrogens with one attached hydrogen (secondary N) is 2. The Balaban J connectivity index is 1.41. The van der Waals surface area contributed by atoms with Crippen molar-refractivity contribution in [1.29, 1.82) is 0 Å². The molecular formula is C26H28N2O4. The maximum atomic E-state index is 10.9. The highest BCUT2D eigenvalue weighted by Gasteiger charge is 2.18. The lowest BCUT2D eigenvalue weighted by atomic mass is 9.86. The third-order valence-electron chi connectivity index (χ3n) is 5.65. The molecule has 1 aromatic heterocycles. The van der Waals surface area contributed by atoms with Gasteiger partial charge in [0.15, 0.2) is 6.61 Å². The molecule has 0 amide bonds. The zero-order valence-electron chi connectivity index (χ0n) is 17.9. The Labute approximate surface area is 187 Å². The molecule has 0 saturated carbocycles. The van der Waals surface area contributed by atoms with Gasteiger partial charge in [-0.1, -0.05) is 48.5 Å². The molecule has 166 valence electrons. The molecule has 6 heteroatoms. The van der Waals surface area contributed by atoms with Crippen LogP contribution < -0.4 is 10.2 Å². The molecule has 1 atom stereocenters. The first kappa shape index (κ1) is 21.9. The van der Waals surface area contributed by atoms with Gasteiger partial charge in [0.05, 0.1) is 12.6 Å². The monoisotopic (exact) mass is 432 g/mol. The quantitative estimate of drug-likeness (QED) is 0.319. The van der Waals surface area contributed by atoms with E-state index < -0.39 is 5.97 Å². The van der Waals surface area contributed by atoms with Gasteiger partial charge in [0.25, 0.3) is 0 Å². The number of fused-ring (bicyclic) bond motifs is 1. The summed E-state index contributed by atoms with van der Waals surface area (Å²) in [5.41, 5.74) is 9.02. The molecule has 0 aliphatic heterocycles. The van der Waals surface area contributed by atoms with Crippen molar-refractivity contribution in [2.75, 3.05) is 13.2 Å². The average molecular weight is 433 g/mol. The van der Waals surface area contributed by atoms with Gasteiger partial charge < -0.3 is 14.8 Å². The van der Waals surface area contributed by atoms with Crippen molar-refractivity contribution in [2.45, 2.75) is 31.7 Å². The number of benzene rings is 2.